The van der Waals surface area contributed by atoms with Gasteiger partial charge >= 0.3 is 0 Å². The van der Waals surface area contributed by atoms with E-state index in [9.17, 15) is 4.79 Å². The number of aryl methyl sites for hydroxylation is 1. The summed E-state index contributed by atoms with van der Waals surface area (Å²) in [6.45, 7) is 7.97. The molecule has 0 radical (unpaired) electrons. The van der Waals surface area contributed by atoms with Crippen LogP contribution in [0.4, 0.5) is 11.4 Å². The van der Waals surface area contributed by atoms with Crippen LogP contribution in [0.3, 0.4) is 0 Å². The van der Waals surface area contributed by atoms with E-state index >= 15 is 0 Å². The fraction of sp³-hybridized carbons (Fsp3) is 0.350. The molecule has 4 heteroatoms. The van der Waals surface area contributed by atoms with Crippen LogP contribution in [0, 0.1) is 6.92 Å². The lowest BCUT2D eigenvalue weighted by atomic mass is 9.98. The molecule has 0 aromatic heterocycles. The largest absolute Gasteiger partial charge is 0.481 e. The Kier molecular flexibility index (Phi) is 5.85. The van der Waals surface area contributed by atoms with Gasteiger partial charge in [0.2, 0.25) is 0 Å². The van der Waals surface area contributed by atoms with Crippen LogP contribution in [-0.2, 0) is 4.79 Å². The van der Waals surface area contributed by atoms with Gasteiger partial charge in [-0.05, 0) is 61.6 Å². The van der Waals surface area contributed by atoms with Crippen molar-refractivity contribution in [1.82, 2.24) is 0 Å². The highest BCUT2D eigenvalue weighted by molar-refractivity contribution is 5.95. The summed E-state index contributed by atoms with van der Waals surface area (Å²) >= 11 is 0. The predicted molar refractivity (Wildman–Crippen MR) is 99.5 cm³/mol. The van der Waals surface area contributed by atoms with Gasteiger partial charge in [-0.25, -0.2) is 0 Å². The highest BCUT2D eigenvalue weighted by atomic mass is 16.5. The van der Waals surface area contributed by atoms with Crippen LogP contribution in [0.25, 0.3) is 0 Å². The predicted octanol–water partition coefficient (Wildman–Crippen LogP) is 4.50. The molecule has 0 aliphatic heterocycles. The second-order valence-corrected chi connectivity index (χ2v) is 6.17. The number of hydrogen-bond acceptors (Lipinski definition) is 3. The van der Waals surface area contributed by atoms with Gasteiger partial charge in [0.05, 0.1) is 0 Å². The molecule has 2 atom stereocenters. The average Bonchev–Trinajstić information content (AvgIpc) is 2.57. The van der Waals surface area contributed by atoms with Crippen LogP contribution in [-0.4, -0.2) is 12.0 Å². The van der Waals surface area contributed by atoms with E-state index in [0.29, 0.717) is 11.6 Å². The molecule has 0 saturated heterocycles. The van der Waals surface area contributed by atoms with Gasteiger partial charge < -0.3 is 15.8 Å². The van der Waals surface area contributed by atoms with Crippen LogP contribution in [0.5, 0.6) is 5.75 Å². The van der Waals surface area contributed by atoms with Crippen LogP contribution in [0.2, 0.25) is 0 Å². The zero-order valence-electron chi connectivity index (χ0n) is 14.8. The van der Waals surface area contributed by atoms with Crippen molar-refractivity contribution in [2.75, 3.05) is 11.1 Å². The molecule has 2 aromatic carbocycles. The SMILES string of the molecule is CC[C@H](C)c1ccccc1O[C@H](C)C(=O)Nc1ccc(N)cc1C. The fourth-order valence-electron chi connectivity index (χ4n) is 2.52. The number of benzene rings is 2. The molecule has 128 valence electrons. The van der Waals surface area contributed by atoms with Crippen molar-refractivity contribution in [1.29, 1.82) is 0 Å². The molecular weight excluding hydrogens is 300 g/mol. The Morgan fingerprint density at radius 1 is 1.21 bits per heavy atom. The number of hydrogen-bond donors (Lipinski definition) is 2. The Morgan fingerprint density at radius 3 is 2.58 bits per heavy atom. The summed E-state index contributed by atoms with van der Waals surface area (Å²) in [5.41, 5.74) is 9.22. The molecule has 0 aliphatic carbocycles. The summed E-state index contributed by atoms with van der Waals surface area (Å²) in [5, 5.41) is 2.90. The van der Waals surface area contributed by atoms with Gasteiger partial charge in [-0.1, -0.05) is 32.0 Å². The number of amides is 1. The molecule has 0 unspecified atom stereocenters. The minimum atomic E-state index is -0.591. The Balaban J connectivity index is 2.09. The van der Waals surface area contributed by atoms with E-state index < -0.39 is 6.10 Å². The number of ether oxygens (including phenoxy) is 1. The molecule has 1 amide bonds. The number of rotatable bonds is 6. The van der Waals surface area contributed by atoms with Gasteiger partial charge in [0.15, 0.2) is 6.10 Å². The first-order valence-corrected chi connectivity index (χ1v) is 8.35. The first-order valence-electron chi connectivity index (χ1n) is 8.35. The molecule has 0 bridgehead atoms. The van der Waals surface area contributed by atoms with E-state index in [0.717, 1.165) is 29.0 Å². The zero-order valence-corrected chi connectivity index (χ0v) is 14.8. The number of carbonyl (C=O) groups is 1. The molecule has 2 rings (SSSR count). The van der Waals surface area contributed by atoms with E-state index in [1.807, 2.05) is 37.3 Å². The lowest BCUT2D eigenvalue weighted by Gasteiger charge is -2.20. The Bertz CT molecular complexity index is 713. The summed E-state index contributed by atoms with van der Waals surface area (Å²) < 4.78 is 5.93. The standard InChI is InChI=1S/C20H26N2O2/c1-5-13(2)17-8-6-7-9-19(17)24-15(4)20(23)22-18-11-10-16(21)12-14(18)3/h6-13,15H,5,21H2,1-4H3,(H,22,23)/t13-,15+/m0/s1. The van der Waals surface area contributed by atoms with Gasteiger partial charge in [-0.3, -0.25) is 4.79 Å². The van der Waals surface area contributed by atoms with Crippen molar-refractivity contribution in [3.05, 3.63) is 53.6 Å². The van der Waals surface area contributed by atoms with Gasteiger partial charge in [0.25, 0.3) is 5.91 Å². The number of anilines is 2. The third kappa shape index (κ3) is 4.28. The second kappa shape index (κ2) is 7.86. The second-order valence-electron chi connectivity index (χ2n) is 6.17. The van der Waals surface area contributed by atoms with Crippen molar-refractivity contribution in [2.24, 2.45) is 0 Å². The van der Waals surface area contributed by atoms with Crippen molar-refractivity contribution in [2.45, 2.75) is 46.1 Å². The molecular formula is C20H26N2O2. The smallest absolute Gasteiger partial charge is 0.265 e. The molecule has 2 aromatic rings. The topological polar surface area (TPSA) is 64.3 Å². The molecule has 0 heterocycles. The van der Waals surface area contributed by atoms with Gasteiger partial charge in [0.1, 0.15) is 5.75 Å². The molecule has 0 aliphatic rings. The fourth-order valence-corrected chi connectivity index (χ4v) is 2.52. The summed E-state index contributed by atoms with van der Waals surface area (Å²) in [6, 6.07) is 13.3. The minimum Gasteiger partial charge on any atom is -0.481 e. The zero-order chi connectivity index (χ0) is 17.7. The van der Waals surface area contributed by atoms with Gasteiger partial charge in [0, 0.05) is 11.4 Å². The number of nitrogens with one attached hydrogen (secondary N) is 1. The quantitative estimate of drug-likeness (QED) is 0.768. The Morgan fingerprint density at radius 2 is 1.92 bits per heavy atom. The van der Waals surface area contributed by atoms with Crippen LogP contribution < -0.4 is 15.8 Å². The van der Waals surface area contributed by atoms with Gasteiger partial charge in [-0.2, -0.15) is 0 Å². The highest BCUT2D eigenvalue weighted by Gasteiger charge is 2.18. The monoisotopic (exact) mass is 326 g/mol. The third-order valence-corrected chi connectivity index (χ3v) is 4.24. The first-order chi connectivity index (χ1) is 11.4. The van der Waals surface area contributed by atoms with Crippen molar-refractivity contribution >= 4 is 17.3 Å². The maximum absolute atomic E-state index is 12.4. The lowest BCUT2D eigenvalue weighted by Crippen LogP contribution is -2.30. The maximum atomic E-state index is 12.4. The molecule has 0 saturated carbocycles. The maximum Gasteiger partial charge on any atom is 0.265 e. The summed E-state index contributed by atoms with van der Waals surface area (Å²) in [7, 11) is 0. The number of nitrogen functional groups attached to an aromatic ring is 1. The van der Waals surface area contributed by atoms with E-state index in [1.54, 1.807) is 13.0 Å². The lowest BCUT2D eigenvalue weighted by molar-refractivity contribution is -0.122. The van der Waals surface area contributed by atoms with Crippen LogP contribution in [0.15, 0.2) is 42.5 Å². The molecule has 4 nitrogen and oxygen atoms in total. The highest BCUT2D eigenvalue weighted by Crippen LogP contribution is 2.29. The molecule has 3 N–H and O–H groups in total. The molecule has 24 heavy (non-hydrogen) atoms. The van der Waals surface area contributed by atoms with Crippen LogP contribution in [0.1, 0.15) is 44.2 Å². The molecule has 0 fully saturated rings. The van der Waals surface area contributed by atoms with E-state index in [4.69, 9.17) is 10.5 Å². The number of carbonyl (C=O) groups excluding carboxylic acids is 1. The summed E-state index contributed by atoms with van der Waals surface area (Å²) in [6.07, 6.45) is 0.429. The van der Waals surface area contributed by atoms with Gasteiger partial charge in [-0.15, -0.1) is 0 Å². The van der Waals surface area contributed by atoms with E-state index in [2.05, 4.69) is 25.2 Å². The Labute approximate surface area is 144 Å². The minimum absolute atomic E-state index is 0.179. The molecule has 0 spiro atoms. The normalized spacial score (nSPS) is 13.2. The first kappa shape index (κ1) is 17.9. The van der Waals surface area contributed by atoms with E-state index in [1.165, 1.54) is 0 Å². The summed E-state index contributed by atoms with van der Waals surface area (Å²) in [4.78, 5) is 12.4. The van der Waals surface area contributed by atoms with Crippen molar-refractivity contribution in [3.63, 3.8) is 0 Å². The average molecular weight is 326 g/mol. The van der Waals surface area contributed by atoms with E-state index in [-0.39, 0.29) is 5.91 Å². The van der Waals surface area contributed by atoms with Crippen molar-refractivity contribution < 1.29 is 9.53 Å². The third-order valence-electron chi connectivity index (χ3n) is 4.24. The van der Waals surface area contributed by atoms with Crippen molar-refractivity contribution in [3.8, 4) is 5.75 Å². The van der Waals surface area contributed by atoms with Crippen LogP contribution >= 0.6 is 0 Å². The number of nitrogens with two attached hydrogens (primary N) is 1. The number of para-hydroxylation sites is 1. The summed E-state index contributed by atoms with van der Waals surface area (Å²) in [5.74, 6) is 0.973. The Hall–Kier alpha value is -2.49.